The molecule has 0 spiro atoms. The van der Waals surface area contributed by atoms with E-state index in [0.717, 1.165) is 18.4 Å². The maximum absolute atomic E-state index is 13.7. The van der Waals surface area contributed by atoms with E-state index < -0.39 is 41.1 Å². The van der Waals surface area contributed by atoms with Crippen LogP contribution < -0.4 is 5.32 Å². The average molecular weight is 574 g/mol. The zero-order valence-corrected chi connectivity index (χ0v) is 25.3. The van der Waals surface area contributed by atoms with Gasteiger partial charge >= 0.3 is 12.1 Å². The molecule has 6 atom stereocenters. The molecule has 41 heavy (non-hydrogen) atoms. The molecule has 4 rings (SSSR count). The van der Waals surface area contributed by atoms with Gasteiger partial charge in [0.25, 0.3) is 0 Å². The van der Waals surface area contributed by atoms with Crippen LogP contribution in [0.5, 0.6) is 0 Å². The fourth-order valence-electron chi connectivity index (χ4n) is 8.26. The van der Waals surface area contributed by atoms with Gasteiger partial charge < -0.3 is 19.9 Å². The van der Waals surface area contributed by atoms with E-state index in [1.165, 1.54) is 0 Å². The maximum Gasteiger partial charge on any atom is 0.407 e. The van der Waals surface area contributed by atoms with E-state index in [0.29, 0.717) is 45.1 Å². The third-order valence-electron chi connectivity index (χ3n) is 10.4. The lowest BCUT2D eigenvalue weighted by Crippen LogP contribution is -2.61. The molecule has 0 radical (unpaired) electrons. The van der Waals surface area contributed by atoms with Crippen LogP contribution in [0.25, 0.3) is 0 Å². The summed E-state index contributed by atoms with van der Waals surface area (Å²) in [5.74, 6) is -0.950. The van der Waals surface area contributed by atoms with E-state index in [9.17, 15) is 29.1 Å². The van der Waals surface area contributed by atoms with Gasteiger partial charge in [-0.15, -0.1) is 0 Å². The summed E-state index contributed by atoms with van der Waals surface area (Å²) in [6, 6.07) is 0. The molecule has 3 saturated carbocycles. The van der Waals surface area contributed by atoms with Crippen molar-refractivity contribution in [3.8, 4) is 0 Å². The number of rotatable bonds is 9. The molecular weight excluding hydrogens is 526 g/mol. The normalized spacial score (nSPS) is 34.6. The number of esters is 1. The van der Waals surface area contributed by atoms with Crippen molar-refractivity contribution < 1.29 is 38.6 Å². The molecule has 0 aromatic rings. The lowest BCUT2D eigenvalue weighted by Gasteiger charge is -2.57. The molecule has 9 nitrogen and oxygen atoms in total. The lowest BCUT2D eigenvalue weighted by atomic mass is 9.46. The number of nitrogens with one attached hydrogen (secondary N) is 1. The summed E-state index contributed by atoms with van der Waals surface area (Å²) >= 11 is 0. The van der Waals surface area contributed by atoms with Gasteiger partial charge in [0.15, 0.2) is 12.4 Å². The monoisotopic (exact) mass is 573 g/mol. The van der Waals surface area contributed by atoms with Gasteiger partial charge in [0.1, 0.15) is 17.0 Å². The number of hydrogen-bond donors (Lipinski definition) is 2. The maximum atomic E-state index is 13.7. The Balaban J connectivity index is 1.27. The number of aliphatic hydroxyl groups is 1. The molecule has 228 valence electrons. The minimum absolute atomic E-state index is 0.0140. The minimum atomic E-state index is -1.72. The van der Waals surface area contributed by atoms with E-state index in [1.807, 2.05) is 6.92 Å². The highest BCUT2D eigenvalue weighted by Crippen LogP contribution is 2.66. The summed E-state index contributed by atoms with van der Waals surface area (Å²) in [6.07, 6.45) is 7.01. The molecule has 0 aromatic carbocycles. The van der Waals surface area contributed by atoms with Gasteiger partial charge in [0, 0.05) is 37.1 Å². The fourth-order valence-corrected chi connectivity index (χ4v) is 8.26. The number of hydrogen-bond acceptors (Lipinski definition) is 8. The number of allylic oxidation sites excluding steroid dienone is 1. The molecule has 1 amide bonds. The highest BCUT2D eigenvalue weighted by molar-refractivity contribution is 5.95. The van der Waals surface area contributed by atoms with Crippen molar-refractivity contribution in [3.63, 3.8) is 0 Å². The second-order valence-electron chi connectivity index (χ2n) is 14.1. The van der Waals surface area contributed by atoms with Crippen molar-refractivity contribution in [2.24, 2.45) is 28.6 Å². The first-order valence-corrected chi connectivity index (χ1v) is 15.3. The summed E-state index contributed by atoms with van der Waals surface area (Å²) in [6.45, 7) is 9.29. The highest BCUT2D eigenvalue weighted by atomic mass is 16.6. The zero-order valence-electron chi connectivity index (χ0n) is 25.3. The van der Waals surface area contributed by atoms with E-state index in [1.54, 1.807) is 26.8 Å². The predicted octanol–water partition coefficient (Wildman–Crippen LogP) is 4.63. The number of amides is 1. The minimum Gasteiger partial charge on any atom is -0.458 e. The largest absolute Gasteiger partial charge is 0.458 e. The summed E-state index contributed by atoms with van der Waals surface area (Å²) in [4.78, 5) is 63.2. The number of fused-ring (bicyclic) bond motifs is 5. The van der Waals surface area contributed by atoms with Gasteiger partial charge in [-0.25, -0.2) is 4.79 Å². The van der Waals surface area contributed by atoms with Crippen LogP contribution >= 0.6 is 0 Å². The van der Waals surface area contributed by atoms with Crippen molar-refractivity contribution in [2.75, 3.05) is 13.2 Å². The number of unbranched alkanes of at least 4 members (excludes halogenated alkanes) is 2. The zero-order chi connectivity index (χ0) is 30.2. The quantitative estimate of drug-likeness (QED) is 0.301. The van der Waals surface area contributed by atoms with E-state index in [-0.39, 0.29) is 54.0 Å². The Hall–Kier alpha value is -2.55. The van der Waals surface area contributed by atoms with Gasteiger partial charge in [-0.1, -0.05) is 25.8 Å². The van der Waals surface area contributed by atoms with Crippen molar-refractivity contribution in [3.05, 3.63) is 11.6 Å². The molecule has 0 heterocycles. The second kappa shape index (κ2) is 11.6. The summed E-state index contributed by atoms with van der Waals surface area (Å²) < 4.78 is 10.5. The first-order valence-electron chi connectivity index (χ1n) is 15.3. The van der Waals surface area contributed by atoms with Crippen LogP contribution in [0.2, 0.25) is 0 Å². The van der Waals surface area contributed by atoms with Crippen LogP contribution in [-0.2, 0) is 28.7 Å². The Kier molecular flexibility index (Phi) is 8.89. The molecule has 0 saturated heterocycles. The van der Waals surface area contributed by atoms with Crippen LogP contribution in [0, 0.1) is 28.6 Å². The molecular formula is C32H47NO8. The van der Waals surface area contributed by atoms with E-state index in [2.05, 4.69) is 12.2 Å². The fraction of sp³-hybridized carbons (Fsp3) is 0.781. The number of carbonyl (C=O) groups excluding carboxylic acids is 5. The Labute approximate surface area is 243 Å². The Morgan fingerprint density at radius 1 is 1.05 bits per heavy atom. The van der Waals surface area contributed by atoms with E-state index in [4.69, 9.17) is 9.47 Å². The molecule has 3 fully saturated rings. The third-order valence-corrected chi connectivity index (χ3v) is 10.4. The number of ketones is 3. The lowest BCUT2D eigenvalue weighted by molar-refractivity contribution is -0.173. The Morgan fingerprint density at radius 2 is 1.78 bits per heavy atom. The molecule has 4 aliphatic rings. The summed E-state index contributed by atoms with van der Waals surface area (Å²) in [5.41, 5.74) is -2.43. The van der Waals surface area contributed by atoms with Crippen LogP contribution in [0.3, 0.4) is 0 Å². The number of ether oxygens (including phenoxy) is 2. The number of Topliss-reactive ketones (excluding diaryl/α,β-unsaturated/α-hetero) is 2. The number of alkyl carbamates (subject to hydrolysis) is 1. The molecule has 2 N–H and O–H groups in total. The highest BCUT2D eigenvalue weighted by Gasteiger charge is 2.68. The predicted molar refractivity (Wildman–Crippen MR) is 151 cm³/mol. The molecule has 0 aliphatic heterocycles. The molecule has 9 heteroatoms. The Morgan fingerprint density at radius 3 is 2.49 bits per heavy atom. The molecule has 0 aromatic heterocycles. The van der Waals surface area contributed by atoms with Crippen LogP contribution in [0.4, 0.5) is 4.79 Å². The topological polar surface area (TPSA) is 136 Å². The van der Waals surface area contributed by atoms with Crippen molar-refractivity contribution in [1.82, 2.24) is 5.32 Å². The molecule has 4 aliphatic carbocycles. The second-order valence-corrected chi connectivity index (χ2v) is 14.1. The van der Waals surface area contributed by atoms with Crippen molar-refractivity contribution in [2.45, 2.75) is 116 Å². The SMILES string of the molecule is CC(C)(C)OC(=O)NCCCCCC(=O)OCC(=O)[C@@]1(O)CC[C@H]2[C@@H]3CCC4=CC(=O)CC[C@]4(C)[C@H]3C(=O)C[C@@]21C. The van der Waals surface area contributed by atoms with Gasteiger partial charge in [-0.2, -0.15) is 0 Å². The standard InChI is InChI=1S/C32H47NO8/c1-29(2,3)41-28(38)33-16-8-6-7-9-26(37)40-19-25(36)32(39)15-13-23-22-11-10-20-17-21(34)12-14-30(20,4)27(22)24(35)18-31(23,32)5/h17,22-23,27,39H,6-16,18-19H2,1-5H3,(H,33,38)/t22-,23-,27+,30-,31-,32-/m0/s1. The van der Waals surface area contributed by atoms with Gasteiger partial charge in [-0.05, 0) is 89.0 Å². The van der Waals surface area contributed by atoms with Crippen LogP contribution in [0.15, 0.2) is 11.6 Å². The number of carbonyl (C=O) groups is 5. The average Bonchev–Trinajstić information content (AvgIpc) is 3.14. The summed E-state index contributed by atoms with van der Waals surface area (Å²) in [7, 11) is 0. The van der Waals surface area contributed by atoms with Crippen LogP contribution in [-0.4, -0.2) is 58.9 Å². The van der Waals surface area contributed by atoms with Gasteiger partial charge in [-0.3, -0.25) is 19.2 Å². The van der Waals surface area contributed by atoms with Gasteiger partial charge in [0.05, 0.1) is 0 Å². The molecule has 0 unspecified atom stereocenters. The smallest absolute Gasteiger partial charge is 0.407 e. The van der Waals surface area contributed by atoms with Crippen molar-refractivity contribution in [1.29, 1.82) is 0 Å². The summed E-state index contributed by atoms with van der Waals surface area (Å²) in [5, 5.41) is 14.4. The molecule has 0 bridgehead atoms. The Bertz CT molecular complexity index is 1120. The first-order chi connectivity index (χ1) is 19.1. The van der Waals surface area contributed by atoms with Crippen LogP contribution in [0.1, 0.15) is 105 Å². The van der Waals surface area contributed by atoms with E-state index >= 15 is 0 Å². The van der Waals surface area contributed by atoms with Gasteiger partial charge in [0.2, 0.25) is 5.78 Å². The first kappa shape index (κ1) is 31.4. The third kappa shape index (κ3) is 6.15. The van der Waals surface area contributed by atoms with Crippen molar-refractivity contribution >= 4 is 29.4 Å².